The van der Waals surface area contributed by atoms with Crippen LogP contribution in [0.2, 0.25) is 0 Å². The summed E-state index contributed by atoms with van der Waals surface area (Å²) in [5.74, 6) is -0.311. The van der Waals surface area contributed by atoms with E-state index in [0.29, 0.717) is 13.2 Å². The number of hydrogen-bond acceptors (Lipinski definition) is 5. The molecule has 1 aromatic heterocycles. The first-order valence-electron chi connectivity index (χ1n) is 7.25. The molecule has 116 valence electrons. The minimum atomic E-state index is -0.311. The number of carbonyl (C=O) groups excluding carboxylic acids is 1. The molecule has 0 spiro atoms. The molecule has 2 heterocycles. The van der Waals surface area contributed by atoms with Gasteiger partial charge >= 0.3 is 0 Å². The van der Waals surface area contributed by atoms with E-state index in [1.165, 1.54) is 5.56 Å². The van der Waals surface area contributed by atoms with Crippen molar-refractivity contribution in [1.82, 2.24) is 14.8 Å². The minimum Gasteiger partial charge on any atom is -0.374 e. The van der Waals surface area contributed by atoms with Crippen molar-refractivity contribution < 1.29 is 9.53 Å². The molecule has 0 saturated carbocycles. The monoisotopic (exact) mass is 292 g/mol. The number of aromatic nitrogens is 1. The smallest absolute Gasteiger partial charge is 0.231 e. The number of aryl methyl sites for hydroxylation is 1. The summed E-state index contributed by atoms with van der Waals surface area (Å²) in [4.78, 5) is 19.6. The van der Waals surface area contributed by atoms with Gasteiger partial charge in [-0.1, -0.05) is 6.07 Å². The van der Waals surface area contributed by atoms with Crippen LogP contribution in [0.3, 0.4) is 0 Å². The molecule has 0 aliphatic carbocycles. The highest BCUT2D eigenvalue weighted by Crippen LogP contribution is 2.10. The summed E-state index contributed by atoms with van der Waals surface area (Å²) >= 11 is 0. The van der Waals surface area contributed by atoms with Gasteiger partial charge in [0.1, 0.15) is 0 Å². The first-order chi connectivity index (χ1) is 10.0. The Bertz CT molecular complexity index is 463. The number of rotatable bonds is 6. The zero-order valence-electron chi connectivity index (χ0n) is 12.8. The normalized spacial score (nSPS) is 19.9. The minimum absolute atomic E-state index is 0.105. The lowest BCUT2D eigenvalue weighted by Crippen LogP contribution is -2.47. The van der Waals surface area contributed by atoms with Crippen molar-refractivity contribution in [3.63, 3.8) is 0 Å². The van der Waals surface area contributed by atoms with Gasteiger partial charge < -0.3 is 10.5 Å². The van der Waals surface area contributed by atoms with Crippen LogP contribution < -0.4 is 5.73 Å². The van der Waals surface area contributed by atoms with Crippen molar-refractivity contribution >= 4 is 5.91 Å². The lowest BCUT2D eigenvalue weighted by Gasteiger charge is -2.34. The highest BCUT2D eigenvalue weighted by atomic mass is 16.5. The van der Waals surface area contributed by atoms with Crippen LogP contribution in [-0.4, -0.2) is 66.6 Å². The van der Waals surface area contributed by atoms with Gasteiger partial charge in [0, 0.05) is 32.4 Å². The average Bonchev–Trinajstić information content (AvgIpc) is 2.41. The van der Waals surface area contributed by atoms with Crippen LogP contribution in [0.1, 0.15) is 11.3 Å². The van der Waals surface area contributed by atoms with Gasteiger partial charge in [0.15, 0.2) is 0 Å². The number of carbonyl (C=O) groups is 1. The van der Waals surface area contributed by atoms with Gasteiger partial charge in [-0.3, -0.25) is 19.6 Å². The van der Waals surface area contributed by atoms with Crippen molar-refractivity contribution in [1.29, 1.82) is 0 Å². The van der Waals surface area contributed by atoms with Crippen LogP contribution in [0.25, 0.3) is 0 Å². The summed E-state index contributed by atoms with van der Waals surface area (Å²) in [6.07, 6.45) is 2.00. The molecule has 0 aromatic carbocycles. The summed E-state index contributed by atoms with van der Waals surface area (Å²) in [7, 11) is 1.88. The Morgan fingerprint density at radius 1 is 1.57 bits per heavy atom. The van der Waals surface area contributed by atoms with Crippen LogP contribution in [0.5, 0.6) is 0 Å². The van der Waals surface area contributed by atoms with Gasteiger partial charge in [-0.05, 0) is 25.6 Å². The number of nitrogens with zero attached hydrogens (tertiary/aromatic N) is 3. The number of amides is 1. The van der Waals surface area contributed by atoms with Crippen LogP contribution in [0.4, 0.5) is 0 Å². The van der Waals surface area contributed by atoms with Gasteiger partial charge in [-0.15, -0.1) is 0 Å². The van der Waals surface area contributed by atoms with Gasteiger partial charge in [0.2, 0.25) is 5.91 Å². The van der Waals surface area contributed by atoms with E-state index >= 15 is 0 Å². The summed E-state index contributed by atoms with van der Waals surface area (Å²) in [6.45, 7) is 6.31. The van der Waals surface area contributed by atoms with Crippen LogP contribution in [0, 0.1) is 6.92 Å². The average molecular weight is 292 g/mol. The molecule has 1 amide bonds. The third-order valence-corrected chi connectivity index (χ3v) is 3.52. The number of morpholine rings is 1. The van der Waals surface area contributed by atoms with Gasteiger partial charge in [0.25, 0.3) is 0 Å². The van der Waals surface area contributed by atoms with E-state index in [4.69, 9.17) is 10.5 Å². The Kier molecular flexibility index (Phi) is 5.67. The van der Waals surface area contributed by atoms with E-state index in [1.807, 2.05) is 25.1 Å². The SMILES string of the molecule is Cc1ccc(CN2CCO[C@@H](CN(C)CC(N)=O)C2)nc1. The molecule has 1 saturated heterocycles. The zero-order valence-corrected chi connectivity index (χ0v) is 12.8. The molecule has 2 rings (SSSR count). The van der Waals surface area contributed by atoms with Crippen molar-refractivity contribution in [3.05, 3.63) is 29.6 Å². The number of nitrogens with two attached hydrogens (primary N) is 1. The summed E-state index contributed by atoms with van der Waals surface area (Å²) in [5, 5.41) is 0. The lowest BCUT2D eigenvalue weighted by molar-refractivity contribution is -0.119. The predicted molar refractivity (Wildman–Crippen MR) is 80.7 cm³/mol. The molecule has 1 aliphatic heterocycles. The quantitative estimate of drug-likeness (QED) is 0.799. The molecule has 1 aliphatic rings. The van der Waals surface area contributed by atoms with E-state index in [9.17, 15) is 4.79 Å². The third-order valence-electron chi connectivity index (χ3n) is 3.52. The third kappa shape index (κ3) is 5.41. The molecular weight excluding hydrogens is 268 g/mol. The van der Waals surface area contributed by atoms with Crippen molar-refractivity contribution in [2.24, 2.45) is 5.73 Å². The molecular formula is C15H24N4O2. The first kappa shape index (κ1) is 15.9. The number of hydrogen-bond donors (Lipinski definition) is 1. The number of primary amides is 1. The van der Waals surface area contributed by atoms with Crippen LogP contribution >= 0.6 is 0 Å². The van der Waals surface area contributed by atoms with Crippen molar-refractivity contribution in [3.8, 4) is 0 Å². The summed E-state index contributed by atoms with van der Waals surface area (Å²) in [6, 6.07) is 4.15. The molecule has 0 unspecified atom stereocenters. The van der Waals surface area contributed by atoms with E-state index < -0.39 is 0 Å². The predicted octanol–water partition coefficient (Wildman–Crippen LogP) is 0.00792. The molecule has 21 heavy (non-hydrogen) atoms. The Morgan fingerprint density at radius 2 is 2.38 bits per heavy atom. The zero-order chi connectivity index (χ0) is 15.2. The molecule has 1 aromatic rings. The Labute approximate surface area is 125 Å². The van der Waals surface area contributed by atoms with Crippen molar-refractivity contribution in [2.75, 3.05) is 39.8 Å². The second-order valence-electron chi connectivity index (χ2n) is 5.72. The van der Waals surface area contributed by atoms with Crippen LogP contribution in [-0.2, 0) is 16.1 Å². The maximum absolute atomic E-state index is 10.9. The highest BCUT2D eigenvalue weighted by molar-refractivity contribution is 5.75. The maximum Gasteiger partial charge on any atom is 0.231 e. The number of ether oxygens (including phenoxy) is 1. The largest absolute Gasteiger partial charge is 0.374 e. The molecule has 6 heteroatoms. The van der Waals surface area contributed by atoms with Crippen molar-refractivity contribution in [2.45, 2.75) is 19.6 Å². The van der Waals surface area contributed by atoms with Gasteiger partial charge in [0.05, 0.1) is 24.9 Å². The highest BCUT2D eigenvalue weighted by Gasteiger charge is 2.22. The molecule has 0 radical (unpaired) electrons. The first-order valence-corrected chi connectivity index (χ1v) is 7.25. The van der Waals surface area contributed by atoms with E-state index in [2.05, 4.69) is 22.0 Å². The second-order valence-corrected chi connectivity index (χ2v) is 5.72. The fraction of sp³-hybridized carbons (Fsp3) is 0.600. The van der Waals surface area contributed by atoms with Gasteiger partial charge in [-0.2, -0.15) is 0 Å². The fourth-order valence-electron chi connectivity index (χ4n) is 2.53. The summed E-state index contributed by atoms with van der Waals surface area (Å²) in [5.41, 5.74) is 7.45. The Hall–Kier alpha value is -1.50. The Morgan fingerprint density at radius 3 is 3.05 bits per heavy atom. The molecule has 1 fully saturated rings. The van der Waals surface area contributed by atoms with E-state index in [1.54, 1.807) is 0 Å². The Balaban J connectivity index is 1.82. The molecule has 2 N–H and O–H groups in total. The fourth-order valence-corrected chi connectivity index (χ4v) is 2.53. The lowest BCUT2D eigenvalue weighted by atomic mass is 10.2. The standard InChI is InChI=1S/C15H24N4O2/c1-12-3-4-13(17-7-12)8-19-5-6-21-14(10-19)9-18(2)11-15(16)20/h3-4,7,14H,5-6,8-11H2,1-2H3,(H2,16,20)/t14-/m0/s1. The van der Waals surface area contributed by atoms with E-state index in [-0.39, 0.29) is 18.6 Å². The molecule has 6 nitrogen and oxygen atoms in total. The van der Waals surface area contributed by atoms with Crippen LogP contribution in [0.15, 0.2) is 18.3 Å². The number of pyridine rings is 1. The molecule has 0 bridgehead atoms. The number of likely N-dealkylation sites (N-methyl/N-ethyl adjacent to an activating group) is 1. The second kappa shape index (κ2) is 7.49. The summed E-state index contributed by atoms with van der Waals surface area (Å²) < 4.78 is 5.76. The topological polar surface area (TPSA) is 71.7 Å². The molecule has 1 atom stereocenters. The van der Waals surface area contributed by atoms with Gasteiger partial charge in [-0.25, -0.2) is 0 Å². The maximum atomic E-state index is 10.9. The van der Waals surface area contributed by atoms with E-state index in [0.717, 1.165) is 25.3 Å².